The van der Waals surface area contributed by atoms with Crippen LogP contribution in [0.5, 0.6) is 0 Å². The highest BCUT2D eigenvalue weighted by molar-refractivity contribution is 6.03. The van der Waals surface area contributed by atoms with Gasteiger partial charge < -0.3 is 15.3 Å². The van der Waals surface area contributed by atoms with Gasteiger partial charge in [-0.2, -0.15) is 5.10 Å². The summed E-state index contributed by atoms with van der Waals surface area (Å²) < 4.78 is 1.27. The monoisotopic (exact) mass is 254 g/mol. The first kappa shape index (κ1) is 14.2. The first-order valence-corrected chi connectivity index (χ1v) is 5.61. The Hall–Kier alpha value is -1.89. The minimum absolute atomic E-state index is 0.0763. The molecule has 0 radical (unpaired) electrons. The number of nitrogens with zero attached hydrogens (tertiary/aromatic N) is 3. The highest BCUT2D eigenvalue weighted by Crippen LogP contribution is 2.07. The van der Waals surface area contributed by atoms with E-state index in [4.69, 9.17) is 5.11 Å². The van der Waals surface area contributed by atoms with Crippen molar-refractivity contribution in [3.8, 4) is 0 Å². The van der Waals surface area contributed by atoms with Gasteiger partial charge >= 0.3 is 5.97 Å². The Morgan fingerprint density at radius 1 is 1.50 bits per heavy atom. The van der Waals surface area contributed by atoms with Gasteiger partial charge in [-0.25, -0.2) is 4.79 Å². The molecule has 18 heavy (non-hydrogen) atoms. The smallest absolute Gasteiger partial charge is 0.339 e. The van der Waals surface area contributed by atoms with Crippen molar-refractivity contribution < 1.29 is 14.7 Å². The highest BCUT2D eigenvalue weighted by atomic mass is 16.4. The molecule has 0 fully saturated rings. The number of rotatable bonds is 6. The quantitative estimate of drug-likeness (QED) is 0.686. The van der Waals surface area contributed by atoms with Crippen molar-refractivity contribution in [2.45, 2.75) is 6.42 Å². The number of aromatic carboxylic acids is 1. The fraction of sp³-hybridized carbons (Fsp3) is 0.545. The van der Waals surface area contributed by atoms with Crippen LogP contribution in [0.4, 0.5) is 0 Å². The summed E-state index contributed by atoms with van der Waals surface area (Å²) in [6.45, 7) is 1.36. The average Bonchev–Trinajstić information content (AvgIpc) is 2.66. The number of aryl methyl sites for hydroxylation is 1. The lowest BCUT2D eigenvalue weighted by atomic mass is 10.2. The lowest BCUT2D eigenvalue weighted by Crippen LogP contribution is -2.29. The van der Waals surface area contributed by atoms with Crippen molar-refractivity contribution in [3.63, 3.8) is 0 Å². The van der Waals surface area contributed by atoms with E-state index in [1.54, 1.807) is 7.05 Å². The van der Waals surface area contributed by atoms with E-state index in [0.29, 0.717) is 6.54 Å². The summed E-state index contributed by atoms with van der Waals surface area (Å²) in [5, 5.41) is 15.4. The van der Waals surface area contributed by atoms with E-state index >= 15 is 0 Å². The number of nitrogens with one attached hydrogen (secondary N) is 1. The summed E-state index contributed by atoms with van der Waals surface area (Å²) in [6.07, 6.45) is 1.98. The van der Waals surface area contributed by atoms with E-state index in [-0.39, 0.29) is 11.3 Å². The van der Waals surface area contributed by atoms with E-state index in [1.807, 2.05) is 19.0 Å². The summed E-state index contributed by atoms with van der Waals surface area (Å²) in [5.74, 6) is -1.56. The van der Waals surface area contributed by atoms with Crippen LogP contribution in [0.1, 0.15) is 27.3 Å². The first-order chi connectivity index (χ1) is 8.43. The SMILES string of the molecule is CN(C)CCCNC(=O)c1c(C(=O)O)cnn1C. The maximum Gasteiger partial charge on any atom is 0.339 e. The van der Waals surface area contributed by atoms with E-state index in [1.165, 1.54) is 10.9 Å². The molecule has 0 atom stereocenters. The molecule has 1 aromatic heterocycles. The molecule has 7 nitrogen and oxygen atoms in total. The zero-order chi connectivity index (χ0) is 13.7. The summed E-state index contributed by atoms with van der Waals surface area (Å²) in [4.78, 5) is 24.8. The van der Waals surface area contributed by atoms with Crippen molar-refractivity contribution >= 4 is 11.9 Å². The van der Waals surface area contributed by atoms with Gasteiger partial charge in [-0.1, -0.05) is 0 Å². The number of carboxylic acids is 1. The van der Waals surface area contributed by atoms with Crippen LogP contribution in [0.3, 0.4) is 0 Å². The Bertz CT molecular complexity index is 439. The number of carboxylic acid groups (broad SMARTS) is 1. The third-order valence-electron chi connectivity index (χ3n) is 2.45. The van der Waals surface area contributed by atoms with E-state index in [2.05, 4.69) is 10.4 Å². The molecule has 0 saturated carbocycles. The second-order valence-corrected chi connectivity index (χ2v) is 4.25. The fourth-order valence-corrected chi connectivity index (χ4v) is 1.54. The topological polar surface area (TPSA) is 87.5 Å². The molecule has 0 aromatic carbocycles. The third-order valence-corrected chi connectivity index (χ3v) is 2.45. The minimum Gasteiger partial charge on any atom is -0.478 e. The molecule has 0 spiro atoms. The summed E-state index contributed by atoms with van der Waals surface area (Å²) >= 11 is 0. The molecule has 0 aliphatic heterocycles. The molecule has 0 aliphatic carbocycles. The lowest BCUT2D eigenvalue weighted by Gasteiger charge is -2.10. The van der Waals surface area contributed by atoms with Crippen LogP contribution >= 0.6 is 0 Å². The Morgan fingerprint density at radius 2 is 2.17 bits per heavy atom. The van der Waals surface area contributed by atoms with E-state index in [9.17, 15) is 9.59 Å². The predicted molar refractivity (Wildman–Crippen MR) is 65.7 cm³/mol. The van der Waals surface area contributed by atoms with E-state index in [0.717, 1.165) is 13.0 Å². The van der Waals surface area contributed by atoms with E-state index < -0.39 is 11.9 Å². The molecule has 1 aromatic rings. The maximum absolute atomic E-state index is 11.8. The highest BCUT2D eigenvalue weighted by Gasteiger charge is 2.20. The second kappa shape index (κ2) is 6.15. The molecule has 2 N–H and O–H groups in total. The van der Waals surface area contributed by atoms with Crippen molar-refractivity contribution in [2.75, 3.05) is 27.2 Å². The Morgan fingerprint density at radius 3 is 2.72 bits per heavy atom. The van der Waals surface area contributed by atoms with Crippen molar-refractivity contribution in [1.82, 2.24) is 20.0 Å². The minimum atomic E-state index is -1.15. The molecular formula is C11H18N4O3. The van der Waals surface area contributed by atoms with Crippen LogP contribution in [0, 0.1) is 0 Å². The predicted octanol–water partition coefficient (Wildman–Crippen LogP) is -0.200. The largest absolute Gasteiger partial charge is 0.478 e. The molecular weight excluding hydrogens is 236 g/mol. The van der Waals surface area contributed by atoms with Gasteiger partial charge in [-0.3, -0.25) is 9.48 Å². The first-order valence-electron chi connectivity index (χ1n) is 5.61. The standard InChI is InChI=1S/C11H18N4O3/c1-14(2)6-4-5-12-10(16)9-8(11(17)18)7-13-15(9)3/h7H,4-6H2,1-3H3,(H,12,16)(H,17,18). The van der Waals surface area contributed by atoms with Gasteiger partial charge in [0.15, 0.2) is 0 Å². The van der Waals surface area contributed by atoms with Crippen molar-refractivity contribution in [1.29, 1.82) is 0 Å². The molecule has 1 heterocycles. The van der Waals surface area contributed by atoms with Crippen LogP contribution in [0.2, 0.25) is 0 Å². The molecule has 0 saturated heterocycles. The summed E-state index contributed by atoms with van der Waals surface area (Å²) in [5.41, 5.74) is -0.00466. The number of aromatic nitrogens is 2. The van der Waals surface area contributed by atoms with Gasteiger partial charge in [0.1, 0.15) is 11.3 Å². The van der Waals surface area contributed by atoms with Crippen molar-refractivity contribution in [3.05, 3.63) is 17.5 Å². The van der Waals surface area contributed by atoms with Gasteiger partial charge in [0, 0.05) is 13.6 Å². The molecule has 0 bridgehead atoms. The van der Waals surface area contributed by atoms with Crippen LogP contribution in [0.25, 0.3) is 0 Å². The van der Waals surface area contributed by atoms with Crippen LogP contribution in [-0.2, 0) is 7.05 Å². The average molecular weight is 254 g/mol. The number of amides is 1. The molecule has 1 amide bonds. The lowest BCUT2D eigenvalue weighted by molar-refractivity contribution is 0.0690. The molecule has 100 valence electrons. The van der Waals surface area contributed by atoms with Crippen LogP contribution in [0.15, 0.2) is 6.20 Å². The Labute approximate surface area is 105 Å². The number of carbonyl (C=O) groups excluding carboxylic acids is 1. The Balaban J connectivity index is 2.61. The molecule has 1 rings (SSSR count). The van der Waals surface area contributed by atoms with Gasteiger partial charge in [-0.15, -0.1) is 0 Å². The summed E-state index contributed by atoms with van der Waals surface area (Å²) in [6, 6.07) is 0. The number of hydrogen-bond acceptors (Lipinski definition) is 4. The van der Waals surface area contributed by atoms with Crippen LogP contribution in [-0.4, -0.2) is 58.8 Å². The molecule has 7 heteroatoms. The summed E-state index contributed by atoms with van der Waals surface area (Å²) in [7, 11) is 5.44. The van der Waals surface area contributed by atoms with Gasteiger partial charge in [0.2, 0.25) is 0 Å². The van der Waals surface area contributed by atoms with Gasteiger partial charge in [-0.05, 0) is 27.1 Å². The molecule has 0 unspecified atom stereocenters. The maximum atomic E-state index is 11.8. The van der Waals surface area contributed by atoms with Crippen molar-refractivity contribution in [2.24, 2.45) is 7.05 Å². The molecule has 0 aliphatic rings. The van der Waals surface area contributed by atoms with Crippen LogP contribution < -0.4 is 5.32 Å². The van der Waals surface area contributed by atoms with Gasteiger partial charge in [0.05, 0.1) is 6.20 Å². The van der Waals surface area contributed by atoms with Gasteiger partial charge in [0.25, 0.3) is 5.91 Å². The second-order valence-electron chi connectivity index (χ2n) is 4.25. The zero-order valence-electron chi connectivity index (χ0n) is 10.8. The number of carbonyl (C=O) groups is 2. The Kier molecular flexibility index (Phi) is 4.85. The normalized spacial score (nSPS) is 10.7. The fourth-order valence-electron chi connectivity index (χ4n) is 1.54. The number of hydrogen-bond donors (Lipinski definition) is 2. The third kappa shape index (κ3) is 3.56. The zero-order valence-corrected chi connectivity index (χ0v) is 10.8.